The third-order valence-electron chi connectivity index (χ3n) is 3.52. The highest BCUT2D eigenvalue weighted by Crippen LogP contribution is 2.25. The summed E-state index contributed by atoms with van der Waals surface area (Å²) in [5, 5.41) is 3.26. The van der Waals surface area contributed by atoms with E-state index in [4.69, 9.17) is 0 Å². The molecule has 0 fully saturated rings. The Morgan fingerprint density at radius 1 is 0.905 bits per heavy atom. The van der Waals surface area contributed by atoms with Crippen molar-refractivity contribution in [2.75, 3.05) is 5.32 Å². The molecule has 0 aliphatic rings. The number of benzene rings is 2. The van der Waals surface area contributed by atoms with Gasteiger partial charge in [0.25, 0.3) is 0 Å². The summed E-state index contributed by atoms with van der Waals surface area (Å²) in [6.07, 6.45) is 0. The van der Waals surface area contributed by atoms with Crippen LogP contribution in [0.5, 0.6) is 0 Å². The number of nitrogens with one attached hydrogen (secondary N) is 1. The number of hydrogen-bond acceptors (Lipinski definition) is 1. The second kappa shape index (κ2) is 5.84. The summed E-state index contributed by atoms with van der Waals surface area (Å²) in [5.41, 5.74) is 2.88. The molecule has 2 rings (SSSR count). The van der Waals surface area contributed by atoms with Gasteiger partial charge in [0.15, 0.2) is 0 Å². The Morgan fingerprint density at radius 3 is 1.90 bits per heavy atom. The summed E-state index contributed by atoms with van der Waals surface area (Å²) >= 11 is 0. The molecule has 0 saturated heterocycles. The van der Waals surface area contributed by atoms with Crippen molar-refractivity contribution in [2.45, 2.75) is 39.2 Å². The predicted molar refractivity (Wildman–Crippen MR) is 83.5 cm³/mol. The average Bonchev–Trinajstić information content (AvgIpc) is 2.37. The minimum absolute atomic E-state index is 0.107. The largest absolute Gasteiger partial charge is 0.379 e. The molecule has 0 amide bonds. The van der Waals surface area contributed by atoms with Crippen molar-refractivity contribution >= 4 is 5.69 Å². The van der Waals surface area contributed by atoms with Crippen molar-refractivity contribution in [3.63, 3.8) is 0 Å². The van der Waals surface area contributed by atoms with Gasteiger partial charge in [0.2, 0.25) is 0 Å². The molecule has 1 atom stereocenters. The van der Waals surface area contributed by atoms with E-state index in [9.17, 15) is 8.78 Å². The SMILES string of the molecule is CC(Nc1ccc(C(C)(C)C)cc1)c1cc(F)cc(F)c1. The Kier molecular flexibility index (Phi) is 4.31. The van der Waals surface area contributed by atoms with Crippen molar-refractivity contribution in [3.05, 3.63) is 65.2 Å². The lowest BCUT2D eigenvalue weighted by atomic mass is 9.87. The summed E-state index contributed by atoms with van der Waals surface area (Å²) in [5.74, 6) is -1.11. The zero-order chi connectivity index (χ0) is 15.6. The molecule has 1 N–H and O–H groups in total. The summed E-state index contributed by atoms with van der Waals surface area (Å²) in [4.78, 5) is 0. The molecule has 1 nitrogen and oxygen atoms in total. The summed E-state index contributed by atoms with van der Waals surface area (Å²) in [6.45, 7) is 8.36. The van der Waals surface area contributed by atoms with Gasteiger partial charge in [0.1, 0.15) is 11.6 Å². The molecule has 0 bridgehead atoms. The van der Waals surface area contributed by atoms with E-state index < -0.39 is 11.6 Å². The van der Waals surface area contributed by atoms with Crippen molar-refractivity contribution in [1.82, 2.24) is 0 Å². The fourth-order valence-electron chi connectivity index (χ4n) is 2.22. The number of rotatable bonds is 3. The van der Waals surface area contributed by atoms with Gasteiger partial charge in [-0.2, -0.15) is 0 Å². The molecule has 21 heavy (non-hydrogen) atoms. The zero-order valence-electron chi connectivity index (χ0n) is 12.9. The number of anilines is 1. The van der Waals surface area contributed by atoms with Gasteiger partial charge < -0.3 is 5.32 Å². The highest BCUT2D eigenvalue weighted by molar-refractivity contribution is 5.47. The molecule has 2 aromatic carbocycles. The van der Waals surface area contributed by atoms with Gasteiger partial charge in [0, 0.05) is 17.8 Å². The maximum Gasteiger partial charge on any atom is 0.126 e. The summed E-state index contributed by atoms with van der Waals surface area (Å²) < 4.78 is 26.5. The first-order chi connectivity index (χ1) is 9.75. The zero-order valence-corrected chi connectivity index (χ0v) is 12.9. The van der Waals surface area contributed by atoms with Gasteiger partial charge in [-0.25, -0.2) is 8.78 Å². The van der Waals surface area contributed by atoms with Gasteiger partial charge >= 0.3 is 0 Å². The molecule has 112 valence electrons. The van der Waals surface area contributed by atoms with Crippen molar-refractivity contribution in [2.24, 2.45) is 0 Å². The topological polar surface area (TPSA) is 12.0 Å². The van der Waals surface area contributed by atoms with Crippen LogP contribution in [-0.4, -0.2) is 0 Å². The van der Waals surface area contributed by atoms with Gasteiger partial charge in [-0.15, -0.1) is 0 Å². The van der Waals surface area contributed by atoms with Crippen LogP contribution in [0.1, 0.15) is 44.9 Å². The summed E-state index contributed by atoms with van der Waals surface area (Å²) in [6, 6.07) is 11.5. The smallest absolute Gasteiger partial charge is 0.126 e. The Morgan fingerprint density at radius 2 is 1.43 bits per heavy atom. The quantitative estimate of drug-likeness (QED) is 0.793. The standard InChI is InChI=1S/C18H21F2N/c1-12(13-9-15(19)11-16(20)10-13)21-17-7-5-14(6-8-17)18(2,3)4/h5-12,21H,1-4H3. The molecule has 0 aliphatic carbocycles. The molecule has 0 heterocycles. The molecule has 3 heteroatoms. The Labute approximate surface area is 125 Å². The van der Waals surface area contributed by atoms with Crippen LogP contribution in [0, 0.1) is 11.6 Å². The highest BCUT2D eigenvalue weighted by atomic mass is 19.1. The lowest BCUT2D eigenvalue weighted by Gasteiger charge is -2.20. The second-order valence-electron chi connectivity index (χ2n) is 6.40. The van der Waals surface area contributed by atoms with Crippen LogP contribution in [-0.2, 0) is 5.41 Å². The third kappa shape index (κ3) is 4.03. The lowest BCUT2D eigenvalue weighted by molar-refractivity contribution is 0.577. The van der Waals surface area contributed by atoms with Crippen LogP contribution in [0.4, 0.5) is 14.5 Å². The molecular weight excluding hydrogens is 268 g/mol. The number of hydrogen-bond donors (Lipinski definition) is 1. The molecule has 0 aliphatic heterocycles. The average molecular weight is 289 g/mol. The fourth-order valence-corrected chi connectivity index (χ4v) is 2.22. The third-order valence-corrected chi connectivity index (χ3v) is 3.52. The maximum atomic E-state index is 13.2. The van der Waals surface area contributed by atoms with Gasteiger partial charge in [-0.1, -0.05) is 32.9 Å². The van der Waals surface area contributed by atoms with Crippen molar-refractivity contribution < 1.29 is 8.78 Å². The van der Waals surface area contributed by atoms with Crippen LogP contribution >= 0.6 is 0 Å². The van der Waals surface area contributed by atoms with E-state index >= 15 is 0 Å². The molecule has 0 radical (unpaired) electrons. The normalized spacial score (nSPS) is 13.0. The Balaban J connectivity index is 2.14. The molecule has 2 aromatic rings. The highest BCUT2D eigenvalue weighted by Gasteiger charge is 2.13. The van der Waals surface area contributed by atoms with Gasteiger partial charge in [-0.05, 0) is 47.7 Å². The van der Waals surface area contributed by atoms with E-state index in [1.165, 1.54) is 17.7 Å². The maximum absolute atomic E-state index is 13.2. The van der Waals surface area contributed by atoms with E-state index in [1.807, 2.05) is 19.1 Å². The van der Waals surface area contributed by atoms with Crippen LogP contribution in [0.25, 0.3) is 0 Å². The van der Waals surface area contributed by atoms with E-state index in [1.54, 1.807) is 0 Å². The first-order valence-corrected chi connectivity index (χ1v) is 7.09. The van der Waals surface area contributed by atoms with Crippen molar-refractivity contribution in [3.8, 4) is 0 Å². The molecule has 0 spiro atoms. The lowest BCUT2D eigenvalue weighted by Crippen LogP contribution is -2.11. The monoisotopic (exact) mass is 289 g/mol. The minimum Gasteiger partial charge on any atom is -0.379 e. The van der Waals surface area contributed by atoms with Crippen LogP contribution in [0.2, 0.25) is 0 Å². The minimum atomic E-state index is -0.554. The Hall–Kier alpha value is -1.90. The molecule has 0 aromatic heterocycles. The first kappa shape index (κ1) is 15.5. The van der Waals surface area contributed by atoms with Crippen LogP contribution in [0.15, 0.2) is 42.5 Å². The molecular formula is C18H21F2N. The van der Waals surface area contributed by atoms with E-state index in [-0.39, 0.29) is 11.5 Å². The predicted octanol–water partition coefficient (Wildman–Crippen LogP) is 5.44. The number of halogens is 2. The van der Waals surface area contributed by atoms with E-state index in [0.29, 0.717) is 5.56 Å². The van der Waals surface area contributed by atoms with Crippen LogP contribution in [0.3, 0.4) is 0 Å². The van der Waals surface area contributed by atoms with Gasteiger partial charge in [-0.3, -0.25) is 0 Å². The van der Waals surface area contributed by atoms with Gasteiger partial charge in [0.05, 0.1) is 0 Å². The van der Waals surface area contributed by atoms with Crippen molar-refractivity contribution in [1.29, 1.82) is 0 Å². The first-order valence-electron chi connectivity index (χ1n) is 7.09. The van der Waals surface area contributed by atoms with E-state index in [2.05, 4.69) is 38.2 Å². The Bertz CT molecular complexity index is 592. The van der Waals surface area contributed by atoms with E-state index in [0.717, 1.165) is 11.8 Å². The fraction of sp³-hybridized carbons (Fsp3) is 0.333. The molecule has 1 unspecified atom stereocenters. The molecule has 0 saturated carbocycles. The summed E-state index contributed by atoms with van der Waals surface area (Å²) in [7, 11) is 0. The second-order valence-corrected chi connectivity index (χ2v) is 6.40. The van der Waals surface area contributed by atoms with Crippen LogP contribution < -0.4 is 5.32 Å².